The van der Waals surface area contributed by atoms with E-state index in [-0.39, 0.29) is 108 Å². The van der Waals surface area contributed by atoms with Gasteiger partial charge in [0.1, 0.15) is 0 Å². The number of carboxylic acid groups (broad SMARTS) is 4. The second-order valence-electron chi connectivity index (χ2n) is 6.48. The molecule has 0 radical (unpaired) electrons. The Morgan fingerprint density at radius 3 is 1.59 bits per heavy atom. The molecule has 0 heterocycles. The summed E-state index contributed by atoms with van der Waals surface area (Å²) >= 11 is 0. The van der Waals surface area contributed by atoms with Gasteiger partial charge in [-0.05, 0) is 19.3 Å². The molecule has 1 fully saturated rings. The summed E-state index contributed by atoms with van der Waals surface area (Å²) < 4.78 is 0. The summed E-state index contributed by atoms with van der Waals surface area (Å²) in [5.41, 5.74) is 6.44. The molecule has 0 bridgehead atoms. The van der Waals surface area contributed by atoms with Gasteiger partial charge in [0.05, 0.1) is 6.42 Å². The van der Waals surface area contributed by atoms with Crippen LogP contribution in [0, 0.1) is 5.41 Å². The van der Waals surface area contributed by atoms with Gasteiger partial charge < -0.3 is 46.3 Å². The number of hydrogen-bond donors (Lipinski definition) is 3. The molecule has 3 atom stereocenters. The zero-order valence-corrected chi connectivity index (χ0v) is 21.9. The van der Waals surface area contributed by atoms with Crippen molar-refractivity contribution in [3.63, 3.8) is 0 Å². The first kappa shape index (κ1) is 32.5. The van der Waals surface area contributed by atoms with Gasteiger partial charge in [-0.25, -0.2) is 0 Å². The molecule has 0 aromatic rings. The number of carboxylic acids is 4. The van der Waals surface area contributed by atoms with Crippen LogP contribution in [0.4, 0.5) is 0 Å². The van der Waals surface area contributed by atoms with Crippen molar-refractivity contribution < 1.29 is 128 Å². The van der Waals surface area contributed by atoms with Gasteiger partial charge in [-0.1, -0.05) is 6.42 Å². The molecule has 0 amide bonds. The average Bonchev–Trinajstić information content (AvgIpc) is 2.33. The Bertz CT molecular complexity index is 561. The van der Waals surface area contributed by atoms with Gasteiger partial charge in [0, 0.05) is 47.2 Å². The molecule has 27 heavy (non-hydrogen) atoms. The third-order valence-electron chi connectivity index (χ3n) is 4.97. The van der Waals surface area contributed by atoms with Crippen LogP contribution in [-0.2, 0) is 19.2 Å². The van der Waals surface area contributed by atoms with Crippen LogP contribution in [0.3, 0.4) is 0 Å². The molecule has 0 aliphatic heterocycles. The zero-order valence-electron chi connectivity index (χ0n) is 15.9. The van der Waals surface area contributed by atoms with Crippen molar-refractivity contribution in [1.29, 1.82) is 0 Å². The molecule has 0 spiro atoms. The maximum Gasteiger partial charge on any atom is 1.00 e. The molecule has 0 aromatic carbocycles. The van der Waals surface area contributed by atoms with E-state index in [2.05, 4.69) is 0 Å². The van der Waals surface area contributed by atoms with Gasteiger partial charge in [0.15, 0.2) is 0 Å². The number of nitrogens with two attached hydrogens (primary N) is 2. The first-order valence-electron chi connectivity index (χ1n) is 7.27. The standard InChI is InChI=1S/C14H22N2O8.3Na/c15-13(6-10(21)22)3-1-2-12(4-8(17)18,5-9(19)20)14(13,16)7-11(23)24;;;/h1-7,15-16H2,(H,17,18)(H,19,20)(H,21,22)(H,23,24);;;/q;3*+1/p-3. The summed E-state index contributed by atoms with van der Waals surface area (Å²) in [6.45, 7) is 0. The Labute approximate surface area is 222 Å². The van der Waals surface area contributed by atoms with Crippen molar-refractivity contribution in [1.82, 2.24) is 0 Å². The SMILES string of the molecule is NC1(CC(=O)[O-])CCCC(CC(=O)[O-])(CC(=O)O)C1(N)CC(=O)[O-].[Na+].[Na+].[Na+]. The quantitative estimate of drug-likeness (QED) is 0.320. The fraction of sp³-hybridized carbons (Fsp3) is 0.714. The summed E-state index contributed by atoms with van der Waals surface area (Å²) in [6, 6.07) is 0. The number of rotatable bonds is 8. The summed E-state index contributed by atoms with van der Waals surface area (Å²) in [6.07, 6.45) is -3.40. The Morgan fingerprint density at radius 1 is 0.778 bits per heavy atom. The fourth-order valence-corrected chi connectivity index (χ4v) is 3.93. The molecule has 5 N–H and O–H groups in total. The van der Waals surface area contributed by atoms with Crippen LogP contribution < -0.4 is 115 Å². The molecule has 0 aromatic heterocycles. The van der Waals surface area contributed by atoms with Crippen molar-refractivity contribution in [2.45, 2.75) is 56.0 Å². The molecule has 10 nitrogen and oxygen atoms in total. The van der Waals surface area contributed by atoms with E-state index < -0.39 is 66.1 Å². The van der Waals surface area contributed by atoms with Crippen molar-refractivity contribution >= 4 is 23.9 Å². The number of hydrogen-bond acceptors (Lipinski definition) is 9. The molecule has 0 saturated heterocycles. The zero-order chi connectivity index (χ0) is 18.8. The summed E-state index contributed by atoms with van der Waals surface area (Å²) in [4.78, 5) is 44.7. The van der Waals surface area contributed by atoms with Crippen molar-refractivity contribution in [3.05, 3.63) is 0 Å². The number of aliphatic carboxylic acids is 4. The van der Waals surface area contributed by atoms with Crippen LogP contribution in [0.2, 0.25) is 0 Å². The molecule has 136 valence electrons. The van der Waals surface area contributed by atoms with Gasteiger partial charge in [-0.15, -0.1) is 0 Å². The Kier molecular flexibility index (Phi) is 15.0. The second kappa shape index (κ2) is 12.5. The maximum atomic E-state index is 11.3. The summed E-state index contributed by atoms with van der Waals surface area (Å²) in [7, 11) is 0. The number of carbonyl (C=O) groups excluding carboxylic acids is 3. The third-order valence-corrected chi connectivity index (χ3v) is 4.97. The predicted octanol–water partition coefficient (Wildman–Crippen LogP) is -13.5. The summed E-state index contributed by atoms with van der Waals surface area (Å²) in [5, 5.41) is 42.6. The van der Waals surface area contributed by atoms with Gasteiger partial charge in [0.2, 0.25) is 0 Å². The molecule has 3 unspecified atom stereocenters. The van der Waals surface area contributed by atoms with E-state index in [4.69, 9.17) is 16.6 Å². The van der Waals surface area contributed by atoms with E-state index in [1.54, 1.807) is 0 Å². The van der Waals surface area contributed by atoms with E-state index in [0.717, 1.165) is 0 Å². The van der Waals surface area contributed by atoms with E-state index in [0.29, 0.717) is 0 Å². The third kappa shape index (κ3) is 7.53. The van der Waals surface area contributed by atoms with E-state index in [1.807, 2.05) is 0 Å². The van der Waals surface area contributed by atoms with Crippen LogP contribution in [-0.4, -0.2) is 40.1 Å². The van der Waals surface area contributed by atoms with E-state index >= 15 is 0 Å². The molecule has 1 aliphatic rings. The van der Waals surface area contributed by atoms with Crippen LogP contribution >= 0.6 is 0 Å². The molecule has 13 heteroatoms. The van der Waals surface area contributed by atoms with Crippen molar-refractivity contribution in [2.75, 3.05) is 0 Å². The average molecular weight is 412 g/mol. The monoisotopic (exact) mass is 412 g/mol. The molecule has 1 rings (SSSR count). The maximum absolute atomic E-state index is 11.3. The summed E-state index contributed by atoms with van der Waals surface area (Å²) in [5.74, 6) is -6.35. The Hall–Kier alpha value is 0.800. The molecule has 1 aliphatic carbocycles. The topological polar surface area (TPSA) is 210 Å². The molecular formula is C14H19N2Na3O8. The fourth-order valence-electron chi connectivity index (χ4n) is 3.93. The minimum absolute atomic E-state index is 0. The van der Waals surface area contributed by atoms with Gasteiger partial charge >= 0.3 is 94.6 Å². The number of carbonyl (C=O) groups is 4. The van der Waals surface area contributed by atoms with Crippen molar-refractivity contribution in [3.8, 4) is 0 Å². The van der Waals surface area contributed by atoms with Crippen LogP contribution in [0.15, 0.2) is 0 Å². The minimum atomic E-state index is -2.14. The normalized spacial score (nSPS) is 29.3. The van der Waals surface area contributed by atoms with Crippen LogP contribution in [0.25, 0.3) is 0 Å². The van der Waals surface area contributed by atoms with E-state index in [9.17, 15) is 34.5 Å². The van der Waals surface area contributed by atoms with E-state index in [1.165, 1.54) is 0 Å². The Morgan fingerprint density at radius 2 is 1.22 bits per heavy atom. The minimum Gasteiger partial charge on any atom is -0.550 e. The van der Waals surface area contributed by atoms with Gasteiger partial charge in [0.25, 0.3) is 0 Å². The first-order chi connectivity index (χ1) is 10.9. The second-order valence-corrected chi connectivity index (χ2v) is 6.48. The van der Waals surface area contributed by atoms with Crippen LogP contribution in [0.1, 0.15) is 44.9 Å². The predicted molar refractivity (Wildman–Crippen MR) is 71.2 cm³/mol. The largest absolute Gasteiger partial charge is 1.00 e. The molecule has 1 saturated carbocycles. The van der Waals surface area contributed by atoms with Gasteiger partial charge in [-0.2, -0.15) is 0 Å². The van der Waals surface area contributed by atoms with Crippen LogP contribution in [0.5, 0.6) is 0 Å². The van der Waals surface area contributed by atoms with Gasteiger partial charge in [-0.3, -0.25) is 4.79 Å². The smallest absolute Gasteiger partial charge is 0.550 e. The first-order valence-corrected chi connectivity index (χ1v) is 7.27. The van der Waals surface area contributed by atoms with Crippen molar-refractivity contribution in [2.24, 2.45) is 16.9 Å². The molecular weight excluding hydrogens is 393 g/mol. The Balaban J connectivity index is -0.00000192.